The molecule has 0 radical (unpaired) electrons. The summed E-state index contributed by atoms with van der Waals surface area (Å²) in [5.41, 5.74) is -0.181. The molecule has 0 aromatic heterocycles. The van der Waals surface area contributed by atoms with Crippen LogP contribution in [0.5, 0.6) is 0 Å². The largest absolute Gasteiger partial charge is 0.296 e. The van der Waals surface area contributed by atoms with Gasteiger partial charge in [0.1, 0.15) is 0 Å². The summed E-state index contributed by atoms with van der Waals surface area (Å²) in [4.78, 5) is 22.6. The maximum absolute atomic E-state index is 11.4. The average Bonchev–Trinajstić information content (AvgIpc) is 1.99. The molecule has 0 aromatic rings. The summed E-state index contributed by atoms with van der Waals surface area (Å²) in [6.07, 6.45) is 0.456. The monoisotopic (exact) mass is 183 g/mol. The standard InChI is InChI=1S/C10H17NO2/c1-6(2)10(4)5-8(12)11-9(13)7(10)3/h6-7H,5H2,1-4H3,(H,11,12,13). The summed E-state index contributed by atoms with van der Waals surface area (Å²) in [5, 5.41) is 2.36. The first-order valence-electron chi connectivity index (χ1n) is 4.71. The van der Waals surface area contributed by atoms with Gasteiger partial charge in [-0.05, 0) is 11.3 Å². The number of hydrogen-bond donors (Lipinski definition) is 1. The van der Waals surface area contributed by atoms with Crippen molar-refractivity contribution in [3.8, 4) is 0 Å². The number of imide groups is 1. The normalized spacial score (nSPS) is 35.0. The zero-order valence-corrected chi connectivity index (χ0v) is 8.68. The lowest BCUT2D eigenvalue weighted by Crippen LogP contribution is -2.51. The van der Waals surface area contributed by atoms with Crippen LogP contribution < -0.4 is 5.32 Å². The smallest absolute Gasteiger partial charge is 0.229 e. The molecule has 1 saturated heterocycles. The fourth-order valence-electron chi connectivity index (χ4n) is 1.79. The summed E-state index contributed by atoms with van der Waals surface area (Å²) in [6, 6.07) is 0. The van der Waals surface area contributed by atoms with Crippen LogP contribution in [0.3, 0.4) is 0 Å². The lowest BCUT2D eigenvalue weighted by atomic mass is 9.65. The van der Waals surface area contributed by atoms with Gasteiger partial charge in [0.05, 0.1) is 0 Å². The predicted molar refractivity (Wildman–Crippen MR) is 49.9 cm³/mol. The van der Waals surface area contributed by atoms with Crippen LogP contribution in [-0.4, -0.2) is 11.8 Å². The number of nitrogens with one attached hydrogen (secondary N) is 1. The Balaban J connectivity index is 2.95. The summed E-state index contributed by atoms with van der Waals surface area (Å²) < 4.78 is 0. The second kappa shape index (κ2) is 3.13. The van der Waals surface area contributed by atoms with Crippen LogP contribution >= 0.6 is 0 Å². The molecule has 0 aliphatic carbocycles. The summed E-state index contributed by atoms with van der Waals surface area (Å²) in [7, 11) is 0. The molecule has 2 amide bonds. The van der Waals surface area contributed by atoms with E-state index in [2.05, 4.69) is 19.2 Å². The molecule has 1 fully saturated rings. The molecule has 3 nitrogen and oxygen atoms in total. The highest BCUT2D eigenvalue weighted by Crippen LogP contribution is 2.40. The summed E-state index contributed by atoms with van der Waals surface area (Å²) in [5.74, 6) is -0.00514. The van der Waals surface area contributed by atoms with Crippen molar-refractivity contribution in [2.24, 2.45) is 17.3 Å². The lowest BCUT2D eigenvalue weighted by Gasteiger charge is -2.41. The van der Waals surface area contributed by atoms with E-state index in [1.54, 1.807) is 0 Å². The lowest BCUT2D eigenvalue weighted by molar-refractivity contribution is -0.144. The molecule has 1 heterocycles. The molecular formula is C10H17NO2. The molecule has 13 heavy (non-hydrogen) atoms. The average molecular weight is 183 g/mol. The van der Waals surface area contributed by atoms with Gasteiger partial charge < -0.3 is 0 Å². The molecule has 3 heteroatoms. The summed E-state index contributed by atoms with van der Waals surface area (Å²) >= 11 is 0. The predicted octanol–water partition coefficient (Wildman–Crippen LogP) is 1.33. The van der Waals surface area contributed by atoms with Gasteiger partial charge in [-0.2, -0.15) is 0 Å². The molecule has 0 bridgehead atoms. The number of amides is 2. The number of carbonyl (C=O) groups excluding carboxylic acids is 2. The van der Waals surface area contributed by atoms with Crippen molar-refractivity contribution in [3.63, 3.8) is 0 Å². The summed E-state index contributed by atoms with van der Waals surface area (Å²) in [6.45, 7) is 8.02. The van der Waals surface area contributed by atoms with Gasteiger partial charge in [0.2, 0.25) is 11.8 Å². The van der Waals surface area contributed by atoms with E-state index in [9.17, 15) is 9.59 Å². The van der Waals surface area contributed by atoms with Gasteiger partial charge >= 0.3 is 0 Å². The number of piperidine rings is 1. The fraction of sp³-hybridized carbons (Fsp3) is 0.800. The third-order valence-corrected chi connectivity index (χ3v) is 3.51. The molecule has 1 N–H and O–H groups in total. The quantitative estimate of drug-likeness (QED) is 0.623. The molecular weight excluding hydrogens is 166 g/mol. The Hall–Kier alpha value is -0.860. The fourth-order valence-corrected chi connectivity index (χ4v) is 1.79. The molecule has 1 aliphatic rings. The van der Waals surface area contributed by atoms with Gasteiger partial charge in [-0.15, -0.1) is 0 Å². The zero-order chi connectivity index (χ0) is 10.2. The minimum Gasteiger partial charge on any atom is -0.296 e. The van der Waals surface area contributed by atoms with E-state index >= 15 is 0 Å². The molecule has 0 saturated carbocycles. The molecule has 1 rings (SSSR count). The minimum atomic E-state index is -0.181. The van der Waals surface area contributed by atoms with Crippen molar-refractivity contribution in [1.82, 2.24) is 5.32 Å². The van der Waals surface area contributed by atoms with Crippen LogP contribution in [0.2, 0.25) is 0 Å². The Bertz CT molecular complexity index is 247. The van der Waals surface area contributed by atoms with Gasteiger partial charge in [-0.25, -0.2) is 0 Å². The highest BCUT2D eigenvalue weighted by atomic mass is 16.2. The first kappa shape index (κ1) is 10.2. The van der Waals surface area contributed by atoms with E-state index in [-0.39, 0.29) is 23.1 Å². The molecule has 2 atom stereocenters. The van der Waals surface area contributed by atoms with E-state index in [0.717, 1.165) is 0 Å². The van der Waals surface area contributed by atoms with Crippen molar-refractivity contribution in [2.45, 2.75) is 34.1 Å². The SMILES string of the molecule is CC(C)C1(C)CC(=O)NC(=O)C1C. The van der Waals surface area contributed by atoms with Crippen LogP contribution in [0.4, 0.5) is 0 Å². The van der Waals surface area contributed by atoms with Crippen LogP contribution in [0.1, 0.15) is 34.1 Å². The van der Waals surface area contributed by atoms with Crippen LogP contribution in [0.25, 0.3) is 0 Å². The van der Waals surface area contributed by atoms with E-state index in [1.807, 2.05) is 13.8 Å². The molecule has 0 aromatic carbocycles. The molecule has 74 valence electrons. The second-order valence-electron chi connectivity index (χ2n) is 4.47. The maximum atomic E-state index is 11.4. The van der Waals surface area contributed by atoms with Gasteiger partial charge in [-0.1, -0.05) is 27.7 Å². The second-order valence-corrected chi connectivity index (χ2v) is 4.47. The molecule has 2 unspecified atom stereocenters. The Kier molecular flexibility index (Phi) is 2.46. The third kappa shape index (κ3) is 1.60. The minimum absolute atomic E-state index is 0.0785. The Morgan fingerprint density at radius 2 is 2.00 bits per heavy atom. The van der Waals surface area contributed by atoms with Crippen LogP contribution in [0, 0.1) is 17.3 Å². The maximum Gasteiger partial charge on any atom is 0.229 e. The third-order valence-electron chi connectivity index (χ3n) is 3.51. The van der Waals surface area contributed by atoms with Gasteiger partial charge in [0.15, 0.2) is 0 Å². The van der Waals surface area contributed by atoms with Crippen molar-refractivity contribution in [3.05, 3.63) is 0 Å². The number of carbonyl (C=O) groups is 2. The highest BCUT2D eigenvalue weighted by molar-refractivity contribution is 5.99. The van der Waals surface area contributed by atoms with Gasteiger partial charge in [0, 0.05) is 12.3 Å². The van der Waals surface area contributed by atoms with E-state index in [0.29, 0.717) is 12.3 Å². The van der Waals surface area contributed by atoms with Crippen molar-refractivity contribution in [1.29, 1.82) is 0 Å². The van der Waals surface area contributed by atoms with Crippen LogP contribution in [0.15, 0.2) is 0 Å². The first-order chi connectivity index (χ1) is 5.88. The van der Waals surface area contributed by atoms with Gasteiger partial charge in [0.25, 0.3) is 0 Å². The molecule has 1 aliphatic heterocycles. The molecule has 0 spiro atoms. The highest BCUT2D eigenvalue weighted by Gasteiger charge is 2.44. The van der Waals surface area contributed by atoms with E-state index in [4.69, 9.17) is 0 Å². The Morgan fingerprint density at radius 1 is 1.46 bits per heavy atom. The van der Waals surface area contributed by atoms with E-state index < -0.39 is 0 Å². The van der Waals surface area contributed by atoms with Gasteiger partial charge in [-0.3, -0.25) is 14.9 Å². The Labute approximate surface area is 78.9 Å². The number of hydrogen-bond acceptors (Lipinski definition) is 2. The first-order valence-corrected chi connectivity index (χ1v) is 4.71. The van der Waals surface area contributed by atoms with Crippen molar-refractivity contribution < 1.29 is 9.59 Å². The Morgan fingerprint density at radius 3 is 2.46 bits per heavy atom. The topological polar surface area (TPSA) is 46.2 Å². The number of rotatable bonds is 1. The van der Waals surface area contributed by atoms with Crippen molar-refractivity contribution >= 4 is 11.8 Å². The van der Waals surface area contributed by atoms with Crippen LogP contribution in [-0.2, 0) is 9.59 Å². The zero-order valence-electron chi connectivity index (χ0n) is 8.68. The van der Waals surface area contributed by atoms with Crippen molar-refractivity contribution in [2.75, 3.05) is 0 Å². The van der Waals surface area contributed by atoms with E-state index in [1.165, 1.54) is 0 Å².